The van der Waals surface area contributed by atoms with Crippen LogP contribution in [0, 0.1) is 20.2 Å². The molecule has 10 nitrogen and oxygen atoms in total. The number of nitro groups is 2. The van der Waals surface area contributed by atoms with Crippen molar-refractivity contribution in [3.05, 3.63) is 62.2 Å². The Morgan fingerprint density at radius 1 is 0.913 bits per heavy atom. The van der Waals surface area contributed by atoms with E-state index in [2.05, 4.69) is 5.32 Å². The minimum atomic E-state index is -0.970. The molecule has 0 fully saturated rings. The van der Waals surface area contributed by atoms with E-state index in [0.29, 0.717) is 0 Å². The van der Waals surface area contributed by atoms with Gasteiger partial charge in [-0.2, -0.15) is 0 Å². The second-order valence-corrected chi connectivity index (χ2v) is 4.31. The molecule has 0 saturated heterocycles. The number of nitro benzene ring substituents is 2. The van der Waals surface area contributed by atoms with E-state index in [1.807, 2.05) is 0 Å². The maximum absolute atomic E-state index is 12.1. The number of amides is 1. The van der Waals surface area contributed by atoms with Gasteiger partial charge in [0, 0.05) is 12.1 Å². The van der Waals surface area contributed by atoms with Crippen LogP contribution in [0.25, 0.3) is 0 Å². The summed E-state index contributed by atoms with van der Waals surface area (Å²) in [5.74, 6) is -2.59. The molecule has 0 bridgehead atoms. The van der Waals surface area contributed by atoms with Gasteiger partial charge < -0.3 is 15.5 Å². The number of aromatic hydroxyl groups is 2. The number of carbonyl (C=O) groups is 1. The van der Waals surface area contributed by atoms with Crippen LogP contribution in [0.4, 0.5) is 17.1 Å². The lowest BCUT2D eigenvalue weighted by atomic mass is 10.1. The molecule has 2 rings (SSSR count). The molecule has 3 N–H and O–H groups in total. The lowest BCUT2D eigenvalue weighted by Crippen LogP contribution is -2.13. The molecular weight excluding hydrogens is 310 g/mol. The van der Waals surface area contributed by atoms with Crippen molar-refractivity contribution < 1.29 is 24.9 Å². The zero-order valence-electron chi connectivity index (χ0n) is 11.3. The number of nitrogens with zero attached hydrogens (tertiary/aromatic N) is 2. The zero-order chi connectivity index (χ0) is 17.1. The van der Waals surface area contributed by atoms with Gasteiger partial charge >= 0.3 is 11.4 Å². The Morgan fingerprint density at radius 2 is 1.43 bits per heavy atom. The largest absolute Gasteiger partial charge is 0.502 e. The first kappa shape index (κ1) is 15.7. The number of benzene rings is 2. The summed E-state index contributed by atoms with van der Waals surface area (Å²) in [5, 5.41) is 43.1. The standard InChI is InChI=1S/C13H9N3O7/c17-11-7(3-1-5-9(11)15(20)21)13(19)14-8-4-2-6-10(12(8)18)16(22)23/h1-6,17-18H,(H,14,19). The highest BCUT2D eigenvalue weighted by molar-refractivity contribution is 6.07. The highest BCUT2D eigenvalue weighted by Gasteiger charge is 2.23. The van der Waals surface area contributed by atoms with Gasteiger partial charge in [0.2, 0.25) is 11.5 Å². The van der Waals surface area contributed by atoms with Crippen LogP contribution >= 0.6 is 0 Å². The van der Waals surface area contributed by atoms with E-state index >= 15 is 0 Å². The molecule has 0 unspecified atom stereocenters. The van der Waals surface area contributed by atoms with Gasteiger partial charge in [-0.05, 0) is 12.1 Å². The van der Waals surface area contributed by atoms with Crippen molar-refractivity contribution in [2.24, 2.45) is 0 Å². The number of rotatable bonds is 4. The summed E-state index contributed by atoms with van der Waals surface area (Å²) < 4.78 is 0. The van der Waals surface area contributed by atoms with E-state index in [4.69, 9.17) is 0 Å². The molecule has 0 saturated carbocycles. The number of carbonyl (C=O) groups excluding carboxylic acids is 1. The Hall–Kier alpha value is -3.69. The van der Waals surface area contributed by atoms with Crippen molar-refractivity contribution in [3.8, 4) is 11.5 Å². The van der Waals surface area contributed by atoms with E-state index in [0.717, 1.165) is 18.2 Å². The SMILES string of the molecule is O=C(Nc1cccc([N+](=O)[O-])c1O)c1cccc([N+](=O)[O-])c1O. The van der Waals surface area contributed by atoms with Crippen molar-refractivity contribution >= 4 is 23.0 Å². The first-order valence-corrected chi connectivity index (χ1v) is 6.07. The predicted molar refractivity (Wildman–Crippen MR) is 77.5 cm³/mol. The topological polar surface area (TPSA) is 156 Å². The molecule has 0 heterocycles. The Bertz CT molecular complexity index is 819. The third-order valence-electron chi connectivity index (χ3n) is 2.92. The molecule has 0 atom stereocenters. The number of nitrogens with one attached hydrogen (secondary N) is 1. The van der Waals surface area contributed by atoms with E-state index < -0.39 is 44.2 Å². The van der Waals surface area contributed by atoms with Gasteiger partial charge in [-0.15, -0.1) is 0 Å². The van der Waals surface area contributed by atoms with E-state index in [-0.39, 0.29) is 5.69 Å². The molecule has 0 aliphatic rings. The molecule has 1 amide bonds. The second-order valence-electron chi connectivity index (χ2n) is 4.31. The fourth-order valence-electron chi connectivity index (χ4n) is 1.83. The molecule has 0 aliphatic heterocycles. The minimum absolute atomic E-state index is 0.268. The average molecular weight is 319 g/mol. The number of anilines is 1. The van der Waals surface area contributed by atoms with Crippen LogP contribution in [0.3, 0.4) is 0 Å². The summed E-state index contributed by atoms with van der Waals surface area (Å²) in [4.78, 5) is 31.8. The summed E-state index contributed by atoms with van der Waals surface area (Å²) >= 11 is 0. The first-order chi connectivity index (χ1) is 10.8. The number of para-hydroxylation sites is 2. The Kier molecular flexibility index (Phi) is 4.07. The van der Waals surface area contributed by atoms with Gasteiger partial charge in [-0.25, -0.2) is 0 Å². The summed E-state index contributed by atoms with van der Waals surface area (Å²) in [6.07, 6.45) is 0. The maximum Gasteiger partial charge on any atom is 0.312 e. The Morgan fingerprint density at radius 3 is 2.00 bits per heavy atom. The maximum atomic E-state index is 12.1. The van der Waals surface area contributed by atoms with Gasteiger partial charge in [0.15, 0.2) is 0 Å². The molecule has 23 heavy (non-hydrogen) atoms. The highest BCUT2D eigenvalue weighted by atomic mass is 16.6. The first-order valence-electron chi connectivity index (χ1n) is 6.07. The van der Waals surface area contributed by atoms with Crippen LogP contribution in [-0.2, 0) is 0 Å². The molecule has 0 aliphatic carbocycles. The van der Waals surface area contributed by atoms with Crippen LogP contribution in [0.15, 0.2) is 36.4 Å². The lowest BCUT2D eigenvalue weighted by Gasteiger charge is -2.08. The van der Waals surface area contributed by atoms with Gasteiger partial charge in [0.05, 0.1) is 21.1 Å². The average Bonchev–Trinajstić information content (AvgIpc) is 2.48. The third kappa shape index (κ3) is 3.00. The third-order valence-corrected chi connectivity index (χ3v) is 2.92. The number of phenols is 2. The molecule has 2 aromatic carbocycles. The van der Waals surface area contributed by atoms with Crippen molar-refractivity contribution in [2.75, 3.05) is 5.32 Å². The summed E-state index contributed by atoms with van der Waals surface area (Å²) in [6, 6.07) is 6.81. The van der Waals surface area contributed by atoms with Gasteiger partial charge in [0.1, 0.15) is 0 Å². The number of hydrogen-bond acceptors (Lipinski definition) is 7. The Balaban J connectivity index is 2.38. The van der Waals surface area contributed by atoms with Gasteiger partial charge in [-0.1, -0.05) is 12.1 Å². The monoisotopic (exact) mass is 319 g/mol. The predicted octanol–water partition coefficient (Wildman–Crippen LogP) is 2.17. The summed E-state index contributed by atoms with van der Waals surface area (Å²) in [7, 11) is 0. The van der Waals surface area contributed by atoms with Crippen molar-refractivity contribution in [1.29, 1.82) is 0 Å². The van der Waals surface area contributed by atoms with Crippen molar-refractivity contribution in [3.63, 3.8) is 0 Å². The van der Waals surface area contributed by atoms with E-state index in [1.165, 1.54) is 18.2 Å². The molecule has 0 spiro atoms. The van der Waals surface area contributed by atoms with Gasteiger partial charge in [-0.3, -0.25) is 25.0 Å². The van der Waals surface area contributed by atoms with E-state index in [1.54, 1.807) is 0 Å². The van der Waals surface area contributed by atoms with Crippen LogP contribution in [0.2, 0.25) is 0 Å². The number of phenolic OH excluding ortho intramolecular Hbond substituents is 2. The van der Waals surface area contributed by atoms with Crippen LogP contribution in [0.1, 0.15) is 10.4 Å². The minimum Gasteiger partial charge on any atom is -0.502 e. The summed E-state index contributed by atoms with van der Waals surface area (Å²) in [5.41, 5.74) is -1.97. The van der Waals surface area contributed by atoms with Gasteiger partial charge in [0.25, 0.3) is 5.91 Å². The lowest BCUT2D eigenvalue weighted by molar-refractivity contribution is -0.386. The normalized spacial score (nSPS) is 10.1. The molecule has 10 heteroatoms. The van der Waals surface area contributed by atoms with E-state index in [9.17, 15) is 35.2 Å². The van der Waals surface area contributed by atoms with Crippen LogP contribution in [0.5, 0.6) is 11.5 Å². The fraction of sp³-hybridized carbons (Fsp3) is 0. The highest BCUT2D eigenvalue weighted by Crippen LogP contribution is 2.35. The van der Waals surface area contributed by atoms with Crippen LogP contribution < -0.4 is 5.32 Å². The van der Waals surface area contributed by atoms with Crippen molar-refractivity contribution in [2.45, 2.75) is 0 Å². The molecule has 118 valence electrons. The molecule has 0 radical (unpaired) electrons. The zero-order valence-corrected chi connectivity index (χ0v) is 11.3. The fourth-order valence-corrected chi connectivity index (χ4v) is 1.83. The number of hydrogen-bond donors (Lipinski definition) is 3. The van der Waals surface area contributed by atoms with Crippen LogP contribution in [-0.4, -0.2) is 26.0 Å². The summed E-state index contributed by atoms with van der Waals surface area (Å²) in [6.45, 7) is 0. The Labute approximate surface area is 127 Å². The van der Waals surface area contributed by atoms with Crippen molar-refractivity contribution in [1.82, 2.24) is 0 Å². The molecule has 2 aromatic rings. The second kappa shape index (κ2) is 5.97. The molecular formula is C13H9N3O7. The smallest absolute Gasteiger partial charge is 0.312 e. The molecule has 0 aromatic heterocycles. The quantitative estimate of drug-likeness (QED) is 0.442.